The van der Waals surface area contributed by atoms with Crippen LogP contribution in [0.3, 0.4) is 0 Å². The molecule has 3 aromatic rings. The summed E-state index contributed by atoms with van der Waals surface area (Å²) in [6.45, 7) is 1.80. The lowest BCUT2D eigenvalue weighted by molar-refractivity contribution is -0.137. The van der Waals surface area contributed by atoms with E-state index in [1.165, 1.54) is 21.3 Å². The molecule has 0 fully saturated rings. The highest BCUT2D eigenvalue weighted by atomic mass is 16.5. The van der Waals surface area contributed by atoms with Crippen molar-refractivity contribution >= 4 is 22.8 Å². The van der Waals surface area contributed by atoms with Gasteiger partial charge >= 0.3 is 11.6 Å². The standard InChI is InChI=1S/C25H27NO8/c1-14-17-7-6-16(31-2)12-21(17)34-25(30)18(14)8-10-23(27)26-19(13-24(28)29)15-5-9-20(32-3)22(11-15)33-4/h5-7,9,11-12,19H,8,10,13H2,1-4H3,(H,26,27)(H,28,29). The van der Waals surface area contributed by atoms with E-state index in [-0.39, 0.29) is 19.3 Å². The van der Waals surface area contributed by atoms with Crippen molar-refractivity contribution in [1.29, 1.82) is 0 Å². The Morgan fingerprint density at radius 2 is 1.76 bits per heavy atom. The minimum Gasteiger partial charge on any atom is -0.497 e. The normalized spacial score (nSPS) is 11.6. The Balaban J connectivity index is 1.78. The lowest BCUT2D eigenvalue weighted by Gasteiger charge is -2.19. The summed E-state index contributed by atoms with van der Waals surface area (Å²) in [6.07, 6.45) is -0.190. The lowest BCUT2D eigenvalue weighted by atomic mass is 10.0. The first-order valence-electron chi connectivity index (χ1n) is 10.6. The van der Waals surface area contributed by atoms with Gasteiger partial charge in [-0.15, -0.1) is 0 Å². The summed E-state index contributed by atoms with van der Waals surface area (Å²) in [6, 6.07) is 9.37. The zero-order valence-electron chi connectivity index (χ0n) is 19.5. The maximum atomic E-state index is 12.7. The summed E-state index contributed by atoms with van der Waals surface area (Å²) >= 11 is 0. The number of nitrogens with one attached hydrogen (secondary N) is 1. The molecule has 1 atom stereocenters. The molecule has 1 heterocycles. The van der Waals surface area contributed by atoms with E-state index in [9.17, 15) is 19.5 Å². The van der Waals surface area contributed by atoms with Gasteiger partial charge in [-0.05, 0) is 48.7 Å². The predicted octanol–water partition coefficient (Wildman–Crippen LogP) is 3.39. The molecule has 9 nitrogen and oxygen atoms in total. The number of benzene rings is 2. The van der Waals surface area contributed by atoms with Crippen LogP contribution in [0.25, 0.3) is 11.0 Å². The van der Waals surface area contributed by atoms with E-state index in [0.717, 1.165) is 10.9 Å². The van der Waals surface area contributed by atoms with Gasteiger partial charge in [-0.3, -0.25) is 9.59 Å². The summed E-state index contributed by atoms with van der Waals surface area (Å²) in [5.74, 6) is 0.0199. The Labute approximate surface area is 196 Å². The maximum Gasteiger partial charge on any atom is 0.339 e. The van der Waals surface area contributed by atoms with Crippen LogP contribution in [0.1, 0.15) is 35.6 Å². The molecular weight excluding hydrogens is 442 g/mol. The van der Waals surface area contributed by atoms with E-state index < -0.39 is 23.5 Å². The molecule has 34 heavy (non-hydrogen) atoms. The Hall–Kier alpha value is -4.01. The van der Waals surface area contributed by atoms with Crippen molar-refractivity contribution < 1.29 is 33.3 Å². The van der Waals surface area contributed by atoms with Crippen LogP contribution in [0.5, 0.6) is 17.2 Å². The third-order valence-corrected chi connectivity index (χ3v) is 5.62. The highest BCUT2D eigenvalue weighted by Gasteiger charge is 2.21. The number of aliphatic carboxylic acids is 1. The van der Waals surface area contributed by atoms with Gasteiger partial charge in [0, 0.05) is 23.4 Å². The minimum absolute atomic E-state index is 0.0172. The SMILES string of the molecule is COc1ccc2c(C)c(CCC(=O)NC(CC(=O)O)c3ccc(OC)c(OC)c3)c(=O)oc2c1. The molecule has 0 aliphatic rings. The van der Waals surface area contributed by atoms with Crippen molar-refractivity contribution in [3.63, 3.8) is 0 Å². The maximum absolute atomic E-state index is 12.7. The van der Waals surface area contributed by atoms with Crippen LogP contribution in [-0.2, 0) is 16.0 Å². The van der Waals surface area contributed by atoms with E-state index in [2.05, 4.69) is 5.32 Å². The monoisotopic (exact) mass is 469 g/mol. The van der Waals surface area contributed by atoms with Crippen molar-refractivity contribution in [3.05, 3.63) is 63.5 Å². The van der Waals surface area contributed by atoms with Gasteiger partial charge in [-0.1, -0.05) is 6.07 Å². The number of carboxylic acids is 1. The number of ether oxygens (including phenoxy) is 3. The van der Waals surface area contributed by atoms with E-state index in [4.69, 9.17) is 18.6 Å². The first-order chi connectivity index (χ1) is 16.3. The molecular formula is C25H27NO8. The van der Waals surface area contributed by atoms with Gasteiger partial charge in [0.2, 0.25) is 5.91 Å². The van der Waals surface area contributed by atoms with E-state index in [0.29, 0.717) is 34.0 Å². The molecule has 0 aliphatic heterocycles. The first kappa shape index (κ1) is 24.6. The Bertz CT molecular complexity index is 1260. The predicted molar refractivity (Wildman–Crippen MR) is 125 cm³/mol. The number of methoxy groups -OCH3 is 3. The number of fused-ring (bicyclic) bond motifs is 1. The molecule has 1 aromatic heterocycles. The quantitative estimate of drug-likeness (QED) is 0.433. The van der Waals surface area contributed by atoms with Crippen molar-refractivity contribution in [2.24, 2.45) is 0 Å². The summed E-state index contributed by atoms with van der Waals surface area (Å²) < 4.78 is 21.1. The van der Waals surface area contributed by atoms with Gasteiger partial charge in [-0.2, -0.15) is 0 Å². The molecule has 0 spiro atoms. The molecule has 9 heteroatoms. The molecule has 1 amide bonds. The van der Waals surface area contributed by atoms with Gasteiger partial charge < -0.3 is 29.1 Å². The van der Waals surface area contributed by atoms with Gasteiger partial charge in [0.1, 0.15) is 11.3 Å². The van der Waals surface area contributed by atoms with E-state index in [1.54, 1.807) is 43.3 Å². The molecule has 0 radical (unpaired) electrons. The smallest absolute Gasteiger partial charge is 0.339 e. The molecule has 0 aliphatic carbocycles. The zero-order chi connectivity index (χ0) is 24.8. The Morgan fingerprint density at radius 1 is 1.03 bits per heavy atom. The van der Waals surface area contributed by atoms with Crippen molar-refractivity contribution in [3.8, 4) is 17.2 Å². The molecule has 2 aromatic carbocycles. The lowest BCUT2D eigenvalue weighted by Crippen LogP contribution is -2.30. The van der Waals surface area contributed by atoms with Crippen molar-refractivity contribution in [2.75, 3.05) is 21.3 Å². The number of carboxylic acid groups (broad SMARTS) is 1. The molecule has 2 N–H and O–H groups in total. The molecule has 3 rings (SSSR count). The van der Waals surface area contributed by atoms with Crippen LogP contribution < -0.4 is 25.2 Å². The molecule has 1 unspecified atom stereocenters. The summed E-state index contributed by atoms with van der Waals surface area (Å²) in [4.78, 5) is 36.7. The third-order valence-electron chi connectivity index (χ3n) is 5.62. The summed E-state index contributed by atoms with van der Waals surface area (Å²) in [5.41, 5.74) is 1.57. The second-order valence-corrected chi connectivity index (χ2v) is 7.69. The Morgan fingerprint density at radius 3 is 2.41 bits per heavy atom. The number of hydrogen-bond donors (Lipinski definition) is 2. The number of amides is 1. The van der Waals surface area contributed by atoms with Gasteiger partial charge in [0.25, 0.3) is 0 Å². The number of carbonyl (C=O) groups excluding carboxylic acids is 1. The van der Waals surface area contributed by atoms with Crippen LogP contribution in [0, 0.1) is 6.92 Å². The zero-order valence-corrected chi connectivity index (χ0v) is 19.5. The average Bonchev–Trinajstić information content (AvgIpc) is 2.82. The number of carbonyl (C=O) groups is 2. The van der Waals surface area contributed by atoms with Gasteiger partial charge in [0.05, 0.1) is 33.8 Å². The molecule has 0 saturated carbocycles. The fourth-order valence-electron chi connectivity index (χ4n) is 3.79. The van der Waals surface area contributed by atoms with Crippen LogP contribution >= 0.6 is 0 Å². The number of hydrogen-bond acceptors (Lipinski definition) is 7. The second-order valence-electron chi connectivity index (χ2n) is 7.69. The van der Waals surface area contributed by atoms with E-state index in [1.807, 2.05) is 0 Å². The Kier molecular flexibility index (Phi) is 7.78. The van der Waals surface area contributed by atoms with Crippen molar-refractivity contribution in [2.45, 2.75) is 32.2 Å². The largest absolute Gasteiger partial charge is 0.497 e. The first-order valence-corrected chi connectivity index (χ1v) is 10.6. The molecule has 0 saturated heterocycles. The number of aryl methyl sites for hydroxylation is 1. The topological polar surface area (TPSA) is 124 Å². The second kappa shape index (κ2) is 10.7. The van der Waals surface area contributed by atoms with Crippen LogP contribution in [0.2, 0.25) is 0 Å². The minimum atomic E-state index is -1.07. The van der Waals surface area contributed by atoms with Crippen LogP contribution in [0.4, 0.5) is 0 Å². The fourth-order valence-corrected chi connectivity index (χ4v) is 3.79. The summed E-state index contributed by atoms with van der Waals surface area (Å²) in [7, 11) is 4.49. The number of rotatable bonds is 10. The fraction of sp³-hybridized carbons (Fsp3) is 0.320. The van der Waals surface area contributed by atoms with E-state index >= 15 is 0 Å². The van der Waals surface area contributed by atoms with Gasteiger partial charge in [0.15, 0.2) is 11.5 Å². The van der Waals surface area contributed by atoms with Crippen molar-refractivity contribution in [1.82, 2.24) is 5.32 Å². The third kappa shape index (κ3) is 5.48. The van der Waals surface area contributed by atoms with Crippen LogP contribution in [-0.4, -0.2) is 38.3 Å². The highest BCUT2D eigenvalue weighted by molar-refractivity contribution is 5.83. The van der Waals surface area contributed by atoms with Gasteiger partial charge in [-0.25, -0.2) is 4.79 Å². The van der Waals surface area contributed by atoms with Crippen LogP contribution in [0.15, 0.2) is 45.6 Å². The molecule has 0 bridgehead atoms. The average molecular weight is 469 g/mol. The highest BCUT2D eigenvalue weighted by Crippen LogP contribution is 2.31. The molecule has 180 valence electrons. The summed E-state index contributed by atoms with van der Waals surface area (Å²) in [5, 5.41) is 12.8.